The topological polar surface area (TPSA) is 78.9 Å². The number of carbonyl (C=O) groups is 3. The van der Waals surface area contributed by atoms with E-state index in [2.05, 4.69) is 93.7 Å². The van der Waals surface area contributed by atoms with E-state index < -0.39 is 6.10 Å². The zero-order chi connectivity index (χ0) is 59.2. The van der Waals surface area contributed by atoms with Crippen LogP contribution in [0.1, 0.15) is 374 Å². The van der Waals surface area contributed by atoms with Gasteiger partial charge in [0.2, 0.25) is 0 Å². The third-order valence-electron chi connectivity index (χ3n) is 15.9. The summed E-state index contributed by atoms with van der Waals surface area (Å²) >= 11 is 0. The summed E-state index contributed by atoms with van der Waals surface area (Å²) in [7, 11) is 0. The molecule has 0 aromatic rings. The molecule has 0 N–H and O–H groups in total. The molecule has 1 atom stereocenters. The normalized spacial score (nSPS) is 12.5. The standard InChI is InChI=1S/C76H136O6/c1-4-7-10-13-16-19-22-24-26-28-30-32-34-36-37-38-39-41-42-44-46-48-50-52-54-57-60-63-66-69-75(78)81-72-73(71-80-74(77)68-65-62-59-56-21-18-15-12-9-6-3)82-76(79)70-67-64-61-58-55-53-51-49-47-45-43-40-35-33-31-29-27-25-23-20-17-14-11-8-5-2/h12,15,22-25,28-31,34,36,73H,4-11,13-14,16-21,26-27,32-33,35,37-72H2,1-3H3/b15-12-,24-22-,25-23-,30-28-,31-29-,36-34-. The lowest BCUT2D eigenvalue weighted by atomic mass is 10.0. The van der Waals surface area contributed by atoms with E-state index >= 15 is 0 Å². The van der Waals surface area contributed by atoms with Crippen molar-refractivity contribution in [2.75, 3.05) is 13.2 Å². The molecule has 0 aliphatic carbocycles. The quantitative estimate of drug-likeness (QED) is 0.0261. The van der Waals surface area contributed by atoms with Crippen molar-refractivity contribution in [2.24, 2.45) is 0 Å². The van der Waals surface area contributed by atoms with Crippen LogP contribution in [0.15, 0.2) is 72.9 Å². The molecule has 0 aromatic heterocycles. The van der Waals surface area contributed by atoms with Crippen molar-refractivity contribution in [1.82, 2.24) is 0 Å². The maximum absolute atomic E-state index is 12.9. The second kappa shape index (κ2) is 70.3. The molecule has 6 nitrogen and oxygen atoms in total. The molecule has 0 heterocycles. The number of hydrogen-bond acceptors (Lipinski definition) is 6. The molecular weight excluding hydrogens is 1010 g/mol. The molecule has 0 rings (SSSR count). The third-order valence-corrected chi connectivity index (χ3v) is 15.9. The summed E-state index contributed by atoms with van der Waals surface area (Å²) in [6.07, 6.45) is 92.3. The van der Waals surface area contributed by atoms with Gasteiger partial charge in [-0.25, -0.2) is 0 Å². The number of ether oxygens (including phenoxy) is 3. The van der Waals surface area contributed by atoms with Crippen molar-refractivity contribution in [2.45, 2.75) is 380 Å². The maximum Gasteiger partial charge on any atom is 0.306 e. The predicted octanol–water partition coefficient (Wildman–Crippen LogP) is 24.8. The Balaban J connectivity index is 4.16. The second-order valence-corrected chi connectivity index (χ2v) is 24.1. The van der Waals surface area contributed by atoms with Gasteiger partial charge in [-0.2, -0.15) is 0 Å². The summed E-state index contributed by atoms with van der Waals surface area (Å²) < 4.78 is 16.9. The number of rotatable bonds is 66. The van der Waals surface area contributed by atoms with E-state index in [4.69, 9.17) is 14.2 Å². The Morgan fingerprint density at radius 1 is 0.244 bits per heavy atom. The second-order valence-electron chi connectivity index (χ2n) is 24.1. The number of allylic oxidation sites excluding steroid dienone is 12. The van der Waals surface area contributed by atoms with E-state index in [-0.39, 0.29) is 31.1 Å². The monoisotopic (exact) mass is 1150 g/mol. The van der Waals surface area contributed by atoms with Gasteiger partial charge in [0.25, 0.3) is 0 Å². The lowest BCUT2D eigenvalue weighted by Crippen LogP contribution is -2.30. The highest BCUT2D eigenvalue weighted by atomic mass is 16.6. The van der Waals surface area contributed by atoms with E-state index in [1.807, 2.05) is 0 Å². The largest absolute Gasteiger partial charge is 0.462 e. The molecule has 476 valence electrons. The zero-order valence-corrected chi connectivity index (χ0v) is 54.8. The van der Waals surface area contributed by atoms with Gasteiger partial charge in [-0.05, 0) is 109 Å². The number of unbranched alkanes of at least 4 members (excludes halogenated alkanes) is 43. The average Bonchev–Trinajstić information content (AvgIpc) is 3.48. The Morgan fingerprint density at radius 3 is 0.744 bits per heavy atom. The van der Waals surface area contributed by atoms with Crippen LogP contribution in [-0.4, -0.2) is 37.2 Å². The molecule has 0 fully saturated rings. The van der Waals surface area contributed by atoms with Crippen LogP contribution in [0.3, 0.4) is 0 Å². The molecule has 0 aliphatic heterocycles. The lowest BCUT2D eigenvalue weighted by Gasteiger charge is -2.18. The van der Waals surface area contributed by atoms with Gasteiger partial charge in [0.05, 0.1) is 0 Å². The highest BCUT2D eigenvalue weighted by Crippen LogP contribution is 2.18. The van der Waals surface area contributed by atoms with Gasteiger partial charge < -0.3 is 14.2 Å². The SMILES string of the molecule is CCC/C=C\CCCCCCCC(=O)OCC(COC(=O)CCCCCCCCCCCCCCCC/C=C\C/C=C\C/C=C\CCCCCCC)OC(=O)CCCCCCCCCCCCCCC/C=C\C/C=C\CCCCCCC. The molecule has 0 radical (unpaired) electrons. The van der Waals surface area contributed by atoms with Gasteiger partial charge in [0, 0.05) is 19.3 Å². The summed E-state index contributed by atoms with van der Waals surface area (Å²) in [5.41, 5.74) is 0. The summed E-state index contributed by atoms with van der Waals surface area (Å²) in [5.74, 6) is -0.869. The van der Waals surface area contributed by atoms with Crippen molar-refractivity contribution >= 4 is 17.9 Å². The molecule has 1 unspecified atom stereocenters. The molecule has 82 heavy (non-hydrogen) atoms. The molecule has 0 saturated carbocycles. The predicted molar refractivity (Wildman–Crippen MR) is 358 cm³/mol. The van der Waals surface area contributed by atoms with Crippen LogP contribution in [0.25, 0.3) is 0 Å². The van der Waals surface area contributed by atoms with Crippen molar-refractivity contribution in [3.05, 3.63) is 72.9 Å². The van der Waals surface area contributed by atoms with Gasteiger partial charge in [-0.3, -0.25) is 14.4 Å². The first-order valence-corrected chi connectivity index (χ1v) is 35.9. The van der Waals surface area contributed by atoms with Crippen LogP contribution < -0.4 is 0 Å². The van der Waals surface area contributed by atoms with Gasteiger partial charge in [-0.15, -0.1) is 0 Å². The van der Waals surface area contributed by atoms with Crippen LogP contribution in [0.2, 0.25) is 0 Å². The molecular formula is C76H136O6. The molecule has 0 aromatic carbocycles. The molecule has 0 aliphatic rings. The fraction of sp³-hybridized carbons (Fsp3) is 0.803. The summed E-state index contributed by atoms with van der Waals surface area (Å²) in [6.45, 7) is 6.60. The Hall–Kier alpha value is -3.15. The van der Waals surface area contributed by atoms with E-state index in [0.717, 1.165) is 89.9 Å². The minimum atomic E-state index is -0.779. The Morgan fingerprint density at radius 2 is 0.463 bits per heavy atom. The number of carbonyl (C=O) groups excluding carboxylic acids is 3. The van der Waals surface area contributed by atoms with Gasteiger partial charge >= 0.3 is 17.9 Å². The maximum atomic E-state index is 12.9. The van der Waals surface area contributed by atoms with Crippen LogP contribution in [0, 0.1) is 0 Å². The van der Waals surface area contributed by atoms with Crippen molar-refractivity contribution in [3.63, 3.8) is 0 Å². The van der Waals surface area contributed by atoms with E-state index in [1.54, 1.807) is 0 Å². The van der Waals surface area contributed by atoms with E-state index in [9.17, 15) is 14.4 Å². The number of hydrogen-bond donors (Lipinski definition) is 0. The molecule has 0 amide bonds. The summed E-state index contributed by atoms with van der Waals surface area (Å²) in [6, 6.07) is 0. The Bertz CT molecular complexity index is 1500. The van der Waals surface area contributed by atoms with Crippen LogP contribution in [0.5, 0.6) is 0 Å². The fourth-order valence-corrected chi connectivity index (χ4v) is 10.5. The Kier molecular flexibility index (Phi) is 67.6. The molecule has 0 spiro atoms. The fourth-order valence-electron chi connectivity index (χ4n) is 10.5. The molecule has 0 bridgehead atoms. The molecule has 6 heteroatoms. The third kappa shape index (κ3) is 67.6. The van der Waals surface area contributed by atoms with E-state index in [1.165, 1.54) is 244 Å². The van der Waals surface area contributed by atoms with Crippen LogP contribution in [0.4, 0.5) is 0 Å². The Labute approximate surface area is 510 Å². The number of esters is 3. The first-order chi connectivity index (χ1) is 40.5. The highest BCUT2D eigenvalue weighted by molar-refractivity contribution is 5.71. The highest BCUT2D eigenvalue weighted by Gasteiger charge is 2.19. The van der Waals surface area contributed by atoms with E-state index in [0.29, 0.717) is 19.3 Å². The average molecular weight is 1150 g/mol. The lowest BCUT2D eigenvalue weighted by molar-refractivity contribution is -0.167. The van der Waals surface area contributed by atoms with Gasteiger partial charge in [-0.1, -0.05) is 318 Å². The smallest absolute Gasteiger partial charge is 0.306 e. The van der Waals surface area contributed by atoms with Gasteiger partial charge in [0.1, 0.15) is 13.2 Å². The van der Waals surface area contributed by atoms with Crippen LogP contribution >= 0.6 is 0 Å². The molecule has 0 saturated heterocycles. The van der Waals surface area contributed by atoms with Gasteiger partial charge in [0.15, 0.2) is 6.10 Å². The van der Waals surface area contributed by atoms with Crippen molar-refractivity contribution < 1.29 is 28.6 Å². The first kappa shape index (κ1) is 78.8. The minimum Gasteiger partial charge on any atom is -0.462 e. The zero-order valence-electron chi connectivity index (χ0n) is 54.8. The van der Waals surface area contributed by atoms with Crippen molar-refractivity contribution in [1.29, 1.82) is 0 Å². The minimum absolute atomic E-state index is 0.0757. The van der Waals surface area contributed by atoms with Crippen LogP contribution in [-0.2, 0) is 28.6 Å². The summed E-state index contributed by atoms with van der Waals surface area (Å²) in [4.78, 5) is 38.3. The summed E-state index contributed by atoms with van der Waals surface area (Å²) in [5, 5.41) is 0. The van der Waals surface area contributed by atoms with Crippen molar-refractivity contribution in [3.8, 4) is 0 Å². The first-order valence-electron chi connectivity index (χ1n) is 35.9.